The molecule has 1 aromatic rings. The van der Waals surface area contributed by atoms with Gasteiger partial charge >= 0.3 is 0 Å². The van der Waals surface area contributed by atoms with Crippen LogP contribution in [0.4, 0.5) is 0 Å². The van der Waals surface area contributed by atoms with E-state index in [0.717, 1.165) is 6.42 Å². The molecule has 2 rings (SSSR count). The van der Waals surface area contributed by atoms with Crippen LogP contribution in [0.15, 0.2) is 34.7 Å². The molecule has 0 saturated carbocycles. The second-order valence-corrected chi connectivity index (χ2v) is 6.73. The molecule has 1 aromatic carbocycles. The Bertz CT molecular complexity index is 674. The highest BCUT2D eigenvalue weighted by molar-refractivity contribution is 7.89. The first kappa shape index (κ1) is 14.1. The van der Waals surface area contributed by atoms with Crippen molar-refractivity contribution in [2.75, 3.05) is 13.1 Å². The van der Waals surface area contributed by atoms with Crippen LogP contribution in [0, 0.1) is 11.3 Å². The molecule has 0 spiro atoms. The van der Waals surface area contributed by atoms with E-state index in [2.05, 4.69) is 0 Å². The van der Waals surface area contributed by atoms with Gasteiger partial charge in [0.15, 0.2) is 0 Å². The van der Waals surface area contributed by atoms with E-state index < -0.39 is 10.0 Å². The molecule has 1 aliphatic rings. The van der Waals surface area contributed by atoms with Crippen molar-refractivity contribution in [1.82, 2.24) is 4.31 Å². The average Bonchev–Trinajstić information content (AvgIpc) is 2.39. The molecular formula is C13H13ClN2O2S. The zero-order valence-electron chi connectivity index (χ0n) is 10.4. The minimum absolute atomic E-state index is 0.00108. The minimum Gasteiger partial charge on any atom is -0.207 e. The zero-order valence-corrected chi connectivity index (χ0v) is 12.0. The van der Waals surface area contributed by atoms with Gasteiger partial charge in [0.05, 0.1) is 16.7 Å². The minimum atomic E-state index is -3.64. The molecule has 6 heteroatoms. The third kappa shape index (κ3) is 2.81. The number of halogens is 1. The van der Waals surface area contributed by atoms with Crippen LogP contribution in [0.5, 0.6) is 0 Å². The van der Waals surface area contributed by atoms with E-state index >= 15 is 0 Å². The summed E-state index contributed by atoms with van der Waals surface area (Å²) < 4.78 is 26.3. The molecule has 1 aliphatic heterocycles. The van der Waals surface area contributed by atoms with E-state index in [0.29, 0.717) is 13.1 Å². The van der Waals surface area contributed by atoms with E-state index in [4.69, 9.17) is 16.9 Å². The first-order valence-electron chi connectivity index (χ1n) is 5.80. The Morgan fingerprint density at radius 2 is 2.16 bits per heavy atom. The maximum absolute atomic E-state index is 12.5. The molecular weight excluding hydrogens is 284 g/mol. The average molecular weight is 297 g/mol. The zero-order chi connectivity index (χ0) is 14.0. The van der Waals surface area contributed by atoms with Gasteiger partial charge in [0.1, 0.15) is 4.90 Å². The number of sulfonamides is 1. The van der Waals surface area contributed by atoms with Gasteiger partial charge in [-0.15, -0.1) is 0 Å². The molecule has 0 bridgehead atoms. The molecule has 1 heterocycles. The predicted molar refractivity (Wildman–Crippen MR) is 73.3 cm³/mol. The van der Waals surface area contributed by atoms with Crippen molar-refractivity contribution in [1.29, 1.82) is 5.26 Å². The fourth-order valence-electron chi connectivity index (χ4n) is 1.88. The van der Waals surface area contributed by atoms with Crippen LogP contribution >= 0.6 is 11.6 Å². The summed E-state index contributed by atoms with van der Waals surface area (Å²) in [7, 11) is -3.64. The van der Waals surface area contributed by atoms with Gasteiger partial charge in [-0.25, -0.2) is 8.42 Å². The SMILES string of the molecule is CC1=CCN(S(=O)(=O)c2cc(C#N)ccc2Cl)CC1. The lowest BCUT2D eigenvalue weighted by Gasteiger charge is -2.25. The summed E-state index contributed by atoms with van der Waals surface area (Å²) in [6.45, 7) is 2.77. The summed E-state index contributed by atoms with van der Waals surface area (Å²) >= 11 is 5.95. The van der Waals surface area contributed by atoms with Gasteiger partial charge in [0, 0.05) is 13.1 Å². The number of hydrogen-bond donors (Lipinski definition) is 0. The molecule has 4 nitrogen and oxygen atoms in total. The molecule has 100 valence electrons. The first-order valence-corrected chi connectivity index (χ1v) is 7.62. The Labute approximate surface area is 118 Å². The highest BCUT2D eigenvalue weighted by Crippen LogP contribution is 2.27. The van der Waals surface area contributed by atoms with E-state index in [1.807, 2.05) is 19.1 Å². The highest BCUT2D eigenvalue weighted by atomic mass is 35.5. The van der Waals surface area contributed by atoms with Crippen LogP contribution in [0.25, 0.3) is 0 Å². The fourth-order valence-corrected chi connectivity index (χ4v) is 3.76. The van der Waals surface area contributed by atoms with Crippen molar-refractivity contribution in [2.24, 2.45) is 0 Å². The predicted octanol–water partition coefficient (Wildman–Crippen LogP) is 2.55. The number of benzene rings is 1. The number of rotatable bonds is 2. The third-order valence-electron chi connectivity index (χ3n) is 3.08. The van der Waals surface area contributed by atoms with E-state index in [1.165, 1.54) is 28.1 Å². The summed E-state index contributed by atoms with van der Waals surface area (Å²) in [6.07, 6.45) is 2.61. The number of nitrogens with zero attached hydrogens (tertiary/aromatic N) is 2. The van der Waals surface area contributed by atoms with Crippen molar-refractivity contribution in [2.45, 2.75) is 18.2 Å². The van der Waals surface area contributed by atoms with Crippen molar-refractivity contribution < 1.29 is 8.42 Å². The van der Waals surface area contributed by atoms with Gasteiger partial charge in [-0.3, -0.25) is 0 Å². The topological polar surface area (TPSA) is 61.2 Å². The Kier molecular flexibility index (Phi) is 3.95. The second kappa shape index (κ2) is 5.33. The molecule has 19 heavy (non-hydrogen) atoms. The monoisotopic (exact) mass is 296 g/mol. The van der Waals surface area contributed by atoms with Crippen molar-refractivity contribution in [3.05, 3.63) is 40.4 Å². The van der Waals surface area contributed by atoms with Gasteiger partial charge < -0.3 is 0 Å². The van der Waals surface area contributed by atoms with E-state index in [1.54, 1.807) is 0 Å². The van der Waals surface area contributed by atoms with E-state index in [9.17, 15) is 8.42 Å². The number of nitriles is 1. The molecule has 0 aromatic heterocycles. The Morgan fingerprint density at radius 1 is 1.42 bits per heavy atom. The number of hydrogen-bond acceptors (Lipinski definition) is 3. The van der Waals surface area contributed by atoms with Crippen LogP contribution in [-0.2, 0) is 10.0 Å². The molecule has 0 amide bonds. The highest BCUT2D eigenvalue weighted by Gasteiger charge is 2.27. The standard InChI is InChI=1S/C13H13ClN2O2S/c1-10-4-6-16(7-5-10)19(17,18)13-8-11(9-15)2-3-12(13)14/h2-4,8H,5-7H2,1H3. The lowest BCUT2D eigenvalue weighted by molar-refractivity contribution is 0.431. The summed E-state index contributed by atoms with van der Waals surface area (Å²) in [5, 5.41) is 9.00. The van der Waals surface area contributed by atoms with Crippen LogP contribution in [0.2, 0.25) is 5.02 Å². The Hall–Kier alpha value is -1.35. The normalized spacial score (nSPS) is 16.8. The van der Waals surface area contributed by atoms with Crippen molar-refractivity contribution >= 4 is 21.6 Å². The van der Waals surface area contributed by atoms with Gasteiger partial charge in [-0.2, -0.15) is 9.57 Å². The van der Waals surface area contributed by atoms with Crippen molar-refractivity contribution in [3.63, 3.8) is 0 Å². The molecule has 0 fully saturated rings. The first-order chi connectivity index (χ1) is 8.95. The molecule has 0 radical (unpaired) electrons. The van der Waals surface area contributed by atoms with Crippen LogP contribution in [0.1, 0.15) is 18.9 Å². The summed E-state index contributed by atoms with van der Waals surface area (Å²) in [6, 6.07) is 6.19. The third-order valence-corrected chi connectivity index (χ3v) is 5.42. The van der Waals surface area contributed by atoms with Crippen LogP contribution in [-0.4, -0.2) is 25.8 Å². The van der Waals surface area contributed by atoms with Gasteiger partial charge in [0.25, 0.3) is 0 Å². The Morgan fingerprint density at radius 3 is 2.74 bits per heavy atom. The lowest BCUT2D eigenvalue weighted by Crippen LogP contribution is -2.34. The van der Waals surface area contributed by atoms with Crippen LogP contribution < -0.4 is 0 Å². The van der Waals surface area contributed by atoms with Gasteiger partial charge in [-0.05, 0) is 31.5 Å². The lowest BCUT2D eigenvalue weighted by atomic mass is 10.1. The molecule has 0 N–H and O–H groups in total. The molecule has 0 aliphatic carbocycles. The molecule has 0 unspecified atom stereocenters. The summed E-state index contributed by atoms with van der Waals surface area (Å²) in [4.78, 5) is 0.00108. The summed E-state index contributed by atoms with van der Waals surface area (Å²) in [5.41, 5.74) is 1.47. The smallest absolute Gasteiger partial charge is 0.207 e. The fraction of sp³-hybridized carbons (Fsp3) is 0.308. The molecule has 0 saturated heterocycles. The van der Waals surface area contributed by atoms with Crippen LogP contribution in [0.3, 0.4) is 0 Å². The van der Waals surface area contributed by atoms with Gasteiger partial charge in [0.2, 0.25) is 10.0 Å². The quantitative estimate of drug-likeness (QED) is 0.788. The summed E-state index contributed by atoms with van der Waals surface area (Å²) in [5.74, 6) is 0. The molecule has 0 atom stereocenters. The second-order valence-electron chi connectivity index (χ2n) is 4.42. The van der Waals surface area contributed by atoms with Gasteiger partial charge in [-0.1, -0.05) is 23.3 Å². The Balaban J connectivity index is 2.43. The van der Waals surface area contributed by atoms with Crippen molar-refractivity contribution in [3.8, 4) is 6.07 Å². The maximum atomic E-state index is 12.5. The van der Waals surface area contributed by atoms with E-state index in [-0.39, 0.29) is 15.5 Å². The maximum Gasteiger partial charge on any atom is 0.244 e. The largest absolute Gasteiger partial charge is 0.244 e.